The van der Waals surface area contributed by atoms with Crippen molar-refractivity contribution in [1.82, 2.24) is 14.8 Å². The van der Waals surface area contributed by atoms with E-state index in [1.54, 1.807) is 0 Å². The number of hydrogen-bond donors (Lipinski definition) is 1. The Morgan fingerprint density at radius 3 is 2.30 bits per heavy atom. The first-order valence-corrected chi connectivity index (χ1v) is 7.20. The molecule has 0 fully saturated rings. The van der Waals surface area contributed by atoms with Crippen molar-refractivity contribution in [3.63, 3.8) is 0 Å². The SMILES string of the molecule is Clc1ccc([C@H](Nc2nnns2)c2ccccc2)cc1. The van der Waals surface area contributed by atoms with Crippen LogP contribution in [-0.2, 0) is 0 Å². The molecule has 0 saturated carbocycles. The van der Waals surface area contributed by atoms with Gasteiger partial charge in [-0.1, -0.05) is 63.7 Å². The highest BCUT2D eigenvalue weighted by atomic mass is 35.5. The maximum atomic E-state index is 5.95. The van der Waals surface area contributed by atoms with Gasteiger partial charge in [-0.3, -0.25) is 0 Å². The van der Waals surface area contributed by atoms with Gasteiger partial charge in [-0.2, -0.15) is 0 Å². The van der Waals surface area contributed by atoms with Crippen LogP contribution in [-0.4, -0.2) is 14.8 Å². The van der Waals surface area contributed by atoms with Crippen LogP contribution in [0.2, 0.25) is 5.02 Å². The number of halogens is 1. The summed E-state index contributed by atoms with van der Waals surface area (Å²) in [5.41, 5.74) is 2.25. The molecule has 3 rings (SSSR count). The summed E-state index contributed by atoms with van der Waals surface area (Å²) in [7, 11) is 0. The van der Waals surface area contributed by atoms with Crippen molar-refractivity contribution in [3.8, 4) is 0 Å². The Hall–Kier alpha value is -1.98. The number of aromatic nitrogens is 3. The van der Waals surface area contributed by atoms with Crippen molar-refractivity contribution in [3.05, 3.63) is 70.7 Å². The molecule has 0 aliphatic heterocycles. The van der Waals surface area contributed by atoms with Crippen molar-refractivity contribution < 1.29 is 0 Å². The van der Waals surface area contributed by atoms with Crippen LogP contribution in [0.3, 0.4) is 0 Å². The van der Waals surface area contributed by atoms with Crippen LogP contribution in [0.5, 0.6) is 0 Å². The van der Waals surface area contributed by atoms with Gasteiger partial charge >= 0.3 is 0 Å². The monoisotopic (exact) mass is 302 g/mol. The van der Waals surface area contributed by atoms with Crippen molar-refractivity contribution in [2.45, 2.75) is 6.04 Å². The third-order valence-corrected chi connectivity index (χ3v) is 3.68. The minimum atomic E-state index is -0.0109. The number of nitrogens with zero attached hydrogens (tertiary/aromatic N) is 3. The van der Waals surface area contributed by atoms with Gasteiger partial charge in [-0.05, 0) is 28.5 Å². The van der Waals surface area contributed by atoms with Crippen molar-refractivity contribution in [1.29, 1.82) is 0 Å². The zero-order valence-electron chi connectivity index (χ0n) is 10.4. The molecule has 1 N–H and O–H groups in total. The Kier molecular flexibility index (Phi) is 3.90. The highest BCUT2D eigenvalue weighted by molar-refractivity contribution is 7.09. The van der Waals surface area contributed by atoms with E-state index in [9.17, 15) is 0 Å². The molecule has 0 aliphatic rings. The molecule has 0 spiro atoms. The molecule has 0 aliphatic carbocycles. The summed E-state index contributed by atoms with van der Waals surface area (Å²) in [4.78, 5) is 0. The second-order valence-electron chi connectivity index (χ2n) is 4.21. The number of nitrogens with one attached hydrogen (secondary N) is 1. The second kappa shape index (κ2) is 5.98. The van der Waals surface area contributed by atoms with Gasteiger partial charge in [0.2, 0.25) is 5.13 Å². The Balaban J connectivity index is 1.97. The Labute approximate surface area is 125 Å². The number of benzene rings is 2. The first-order chi connectivity index (χ1) is 9.83. The van der Waals surface area contributed by atoms with Crippen molar-refractivity contribution in [2.24, 2.45) is 0 Å². The first kappa shape index (κ1) is 13.0. The van der Waals surface area contributed by atoms with Crippen LogP contribution in [0.15, 0.2) is 54.6 Å². The van der Waals surface area contributed by atoms with Crippen LogP contribution >= 0.6 is 23.1 Å². The molecule has 0 saturated heterocycles. The molecule has 4 nitrogen and oxygen atoms in total. The third kappa shape index (κ3) is 2.95. The summed E-state index contributed by atoms with van der Waals surface area (Å²) in [5.74, 6) is 0. The largest absolute Gasteiger partial charge is 0.348 e. The summed E-state index contributed by atoms with van der Waals surface area (Å²) >= 11 is 7.19. The molecule has 20 heavy (non-hydrogen) atoms. The first-order valence-electron chi connectivity index (χ1n) is 6.05. The minimum absolute atomic E-state index is 0.0109. The van der Waals surface area contributed by atoms with Crippen LogP contribution in [0, 0.1) is 0 Å². The van der Waals surface area contributed by atoms with Gasteiger partial charge in [0.15, 0.2) is 0 Å². The predicted molar refractivity (Wildman–Crippen MR) is 81.1 cm³/mol. The van der Waals surface area contributed by atoms with E-state index in [1.165, 1.54) is 11.5 Å². The Bertz CT molecular complexity index is 655. The molecular weight excluding hydrogens is 292 g/mol. The number of anilines is 1. The third-order valence-electron chi connectivity index (χ3n) is 2.90. The van der Waals surface area contributed by atoms with E-state index >= 15 is 0 Å². The summed E-state index contributed by atoms with van der Waals surface area (Å²) in [5, 5.41) is 12.3. The van der Waals surface area contributed by atoms with E-state index in [1.807, 2.05) is 42.5 Å². The highest BCUT2D eigenvalue weighted by Gasteiger charge is 2.15. The lowest BCUT2D eigenvalue weighted by Crippen LogP contribution is -2.12. The lowest BCUT2D eigenvalue weighted by Gasteiger charge is -2.18. The van der Waals surface area contributed by atoms with Crippen molar-refractivity contribution in [2.75, 3.05) is 5.32 Å². The van der Waals surface area contributed by atoms with E-state index in [2.05, 4.69) is 32.2 Å². The zero-order valence-corrected chi connectivity index (χ0v) is 12.0. The zero-order chi connectivity index (χ0) is 13.8. The van der Waals surface area contributed by atoms with Gasteiger partial charge in [0, 0.05) is 16.6 Å². The normalized spacial score (nSPS) is 12.1. The molecule has 1 aromatic heterocycles. The van der Waals surface area contributed by atoms with Crippen LogP contribution < -0.4 is 5.32 Å². The van der Waals surface area contributed by atoms with Crippen LogP contribution in [0.1, 0.15) is 17.2 Å². The topological polar surface area (TPSA) is 50.7 Å². The van der Waals surface area contributed by atoms with E-state index in [-0.39, 0.29) is 6.04 Å². The average Bonchev–Trinajstić information content (AvgIpc) is 3.00. The van der Waals surface area contributed by atoms with Gasteiger partial charge in [0.1, 0.15) is 0 Å². The lowest BCUT2D eigenvalue weighted by molar-refractivity contribution is 0.903. The van der Waals surface area contributed by atoms with Gasteiger partial charge in [-0.15, -0.1) is 0 Å². The standard InChI is InChI=1S/C14H11ClN4S/c15-12-8-6-11(7-9-12)13(10-4-2-1-3-5-10)16-14-17-18-19-20-14/h1-9,13H,(H,16,17,19)/t13-/m1/s1. The maximum Gasteiger partial charge on any atom is 0.226 e. The Morgan fingerprint density at radius 2 is 1.65 bits per heavy atom. The molecular formula is C14H11ClN4S. The lowest BCUT2D eigenvalue weighted by atomic mass is 9.99. The molecule has 6 heteroatoms. The fraction of sp³-hybridized carbons (Fsp3) is 0.0714. The summed E-state index contributed by atoms with van der Waals surface area (Å²) in [6.45, 7) is 0. The molecule has 2 aromatic carbocycles. The fourth-order valence-corrected chi connectivity index (χ4v) is 2.49. The van der Waals surface area contributed by atoms with Crippen molar-refractivity contribution >= 4 is 28.3 Å². The fourth-order valence-electron chi connectivity index (χ4n) is 1.97. The molecule has 1 atom stereocenters. The van der Waals surface area contributed by atoms with E-state index in [4.69, 9.17) is 11.6 Å². The van der Waals surface area contributed by atoms with Gasteiger partial charge in [-0.25, -0.2) is 0 Å². The summed E-state index contributed by atoms with van der Waals surface area (Å²) in [6.07, 6.45) is 0. The highest BCUT2D eigenvalue weighted by Crippen LogP contribution is 2.27. The molecule has 3 aromatic rings. The predicted octanol–water partition coefficient (Wildman–Crippen LogP) is 3.79. The molecule has 0 bridgehead atoms. The van der Waals surface area contributed by atoms with Gasteiger partial charge in [0.25, 0.3) is 0 Å². The van der Waals surface area contributed by atoms with E-state index < -0.39 is 0 Å². The molecule has 0 radical (unpaired) electrons. The van der Waals surface area contributed by atoms with Crippen LogP contribution in [0.4, 0.5) is 5.13 Å². The Morgan fingerprint density at radius 1 is 0.950 bits per heavy atom. The van der Waals surface area contributed by atoms with Crippen LogP contribution in [0.25, 0.3) is 0 Å². The molecule has 0 amide bonds. The maximum absolute atomic E-state index is 5.95. The molecule has 1 heterocycles. The smallest absolute Gasteiger partial charge is 0.226 e. The summed E-state index contributed by atoms with van der Waals surface area (Å²) < 4.78 is 3.77. The second-order valence-corrected chi connectivity index (χ2v) is 5.38. The number of rotatable bonds is 4. The van der Waals surface area contributed by atoms with Gasteiger partial charge in [0.05, 0.1) is 6.04 Å². The molecule has 0 unspecified atom stereocenters. The minimum Gasteiger partial charge on any atom is -0.348 e. The average molecular weight is 303 g/mol. The quantitative estimate of drug-likeness (QED) is 0.796. The van der Waals surface area contributed by atoms with Gasteiger partial charge < -0.3 is 5.32 Å². The van der Waals surface area contributed by atoms with E-state index in [0.717, 1.165) is 16.1 Å². The number of hydrogen-bond acceptors (Lipinski definition) is 5. The summed E-state index contributed by atoms with van der Waals surface area (Å²) in [6, 6.07) is 17.9. The van der Waals surface area contributed by atoms with E-state index in [0.29, 0.717) is 5.13 Å². The molecule has 100 valence electrons.